The Morgan fingerprint density at radius 3 is 2.87 bits per heavy atom. The van der Waals surface area contributed by atoms with Gasteiger partial charge in [-0.1, -0.05) is 0 Å². The number of nitrogens with one attached hydrogen (secondary N) is 1. The Morgan fingerprint density at radius 1 is 1.67 bits per heavy atom. The first-order valence-electron chi connectivity index (χ1n) is 4.50. The molecule has 1 unspecified atom stereocenters. The summed E-state index contributed by atoms with van der Waals surface area (Å²) in [6.45, 7) is 3.60. The van der Waals surface area contributed by atoms with E-state index in [4.69, 9.17) is 4.74 Å². The summed E-state index contributed by atoms with van der Waals surface area (Å²) in [5, 5.41) is 2.71. The highest BCUT2D eigenvalue weighted by Crippen LogP contribution is 2.16. The average molecular weight is 273 g/mol. The van der Waals surface area contributed by atoms with Gasteiger partial charge in [-0.2, -0.15) is 0 Å². The predicted molar refractivity (Wildman–Crippen MR) is 61.8 cm³/mol. The molecule has 4 nitrogen and oxygen atoms in total. The molecule has 1 amide bonds. The fourth-order valence-corrected chi connectivity index (χ4v) is 1.19. The standard InChI is InChI=1S/C10H13BrN2O2/c1-6-4-8(5-12-9(6)11)13-10(14)7(2)15-3/h4-5,7H,1-3H3,(H,13,14). The maximum Gasteiger partial charge on any atom is 0.253 e. The summed E-state index contributed by atoms with van der Waals surface area (Å²) in [5.74, 6) is -0.180. The monoisotopic (exact) mass is 272 g/mol. The number of aryl methyl sites for hydroxylation is 1. The number of halogens is 1. The Labute approximate surface area is 97.2 Å². The van der Waals surface area contributed by atoms with E-state index in [2.05, 4.69) is 26.2 Å². The highest BCUT2D eigenvalue weighted by Gasteiger charge is 2.11. The van der Waals surface area contributed by atoms with Crippen LogP contribution in [0.1, 0.15) is 12.5 Å². The molecule has 1 N–H and O–H groups in total. The number of pyridine rings is 1. The number of anilines is 1. The van der Waals surface area contributed by atoms with Gasteiger partial charge in [-0.25, -0.2) is 4.98 Å². The third kappa shape index (κ3) is 3.28. The lowest BCUT2D eigenvalue weighted by Crippen LogP contribution is -2.26. The van der Waals surface area contributed by atoms with Crippen molar-refractivity contribution >= 4 is 27.5 Å². The lowest BCUT2D eigenvalue weighted by molar-refractivity contribution is -0.124. The summed E-state index contributed by atoms with van der Waals surface area (Å²) in [6, 6.07) is 1.84. The zero-order valence-corrected chi connectivity index (χ0v) is 10.5. The molecule has 1 atom stereocenters. The van der Waals surface area contributed by atoms with E-state index < -0.39 is 6.10 Å². The molecular weight excluding hydrogens is 260 g/mol. The summed E-state index contributed by atoms with van der Waals surface area (Å²) >= 11 is 3.29. The van der Waals surface area contributed by atoms with E-state index in [0.29, 0.717) is 5.69 Å². The fraction of sp³-hybridized carbons (Fsp3) is 0.400. The van der Waals surface area contributed by atoms with Crippen molar-refractivity contribution in [3.8, 4) is 0 Å². The van der Waals surface area contributed by atoms with Crippen LogP contribution in [0.5, 0.6) is 0 Å². The second-order valence-corrected chi connectivity index (χ2v) is 3.95. The van der Waals surface area contributed by atoms with Crippen LogP contribution in [0.2, 0.25) is 0 Å². The molecule has 15 heavy (non-hydrogen) atoms. The molecular formula is C10H13BrN2O2. The number of methoxy groups -OCH3 is 1. The van der Waals surface area contributed by atoms with Gasteiger partial charge in [-0.15, -0.1) is 0 Å². The summed E-state index contributed by atoms with van der Waals surface area (Å²) in [7, 11) is 1.50. The van der Waals surface area contributed by atoms with Crippen molar-refractivity contribution in [1.82, 2.24) is 4.98 Å². The fourth-order valence-electron chi connectivity index (χ4n) is 0.977. The van der Waals surface area contributed by atoms with E-state index in [0.717, 1.165) is 10.2 Å². The van der Waals surface area contributed by atoms with Gasteiger partial charge in [0, 0.05) is 7.11 Å². The van der Waals surface area contributed by atoms with E-state index in [1.165, 1.54) is 7.11 Å². The molecule has 5 heteroatoms. The number of rotatable bonds is 3. The van der Waals surface area contributed by atoms with Gasteiger partial charge < -0.3 is 10.1 Å². The van der Waals surface area contributed by atoms with Crippen molar-refractivity contribution in [2.75, 3.05) is 12.4 Å². The van der Waals surface area contributed by atoms with Crippen molar-refractivity contribution < 1.29 is 9.53 Å². The second kappa shape index (κ2) is 5.23. The summed E-state index contributed by atoms with van der Waals surface area (Å²) < 4.78 is 5.67. The maximum atomic E-state index is 11.5. The molecule has 0 saturated heterocycles. The molecule has 1 rings (SSSR count). The van der Waals surface area contributed by atoms with Crippen LogP contribution in [0.15, 0.2) is 16.9 Å². The van der Waals surface area contributed by atoms with Gasteiger partial charge in [0.05, 0.1) is 11.9 Å². The Morgan fingerprint density at radius 2 is 2.33 bits per heavy atom. The minimum atomic E-state index is -0.464. The molecule has 1 aromatic heterocycles. The number of hydrogen-bond acceptors (Lipinski definition) is 3. The lowest BCUT2D eigenvalue weighted by atomic mass is 10.3. The molecule has 0 aromatic carbocycles. The van der Waals surface area contributed by atoms with E-state index >= 15 is 0 Å². The van der Waals surface area contributed by atoms with Crippen molar-refractivity contribution in [3.63, 3.8) is 0 Å². The Balaban J connectivity index is 2.73. The average Bonchev–Trinajstić information content (AvgIpc) is 2.22. The van der Waals surface area contributed by atoms with Crippen LogP contribution in [-0.2, 0) is 9.53 Å². The van der Waals surface area contributed by atoms with Gasteiger partial charge >= 0.3 is 0 Å². The van der Waals surface area contributed by atoms with Crippen molar-refractivity contribution in [1.29, 1.82) is 0 Å². The molecule has 0 spiro atoms. The van der Waals surface area contributed by atoms with Gasteiger partial charge in [0.15, 0.2) is 0 Å². The number of carbonyl (C=O) groups is 1. The van der Waals surface area contributed by atoms with E-state index in [9.17, 15) is 4.79 Å². The van der Waals surface area contributed by atoms with Gasteiger partial charge in [0.1, 0.15) is 10.7 Å². The number of ether oxygens (including phenoxy) is 1. The van der Waals surface area contributed by atoms with E-state index in [-0.39, 0.29) is 5.91 Å². The van der Waals surface area contributed by atoms with Crippen molar-refractivity contribution in [2.45, 2.75) is 20.0 Å². The molecule has 0 aliphatic rings. The lowest BCUT2D eigenvalue weighted by Gasteiger charge is -2.10. The van der Waals surface area contributed by atoms with Crippen LogP contribution in [0, 0.1) is 6.92 Å². The quantitative estimate of drug-likeness (QED) is 0.858. The van der Waals surface area contributed by atoms with Crippen LogP contribution < -0.4 is 5.32 Å². The van der Waals surface area contributed by atoms with Gasteiger partial charge in [-0.05, 0) is 41.4 Å². The number of nitrogens with zero attached hydrogens (tertiary/aromatic N) is 1. The zero-order chi connectivity index (χ0) is 11.4. The first-order valence-corrected chi connectivity index (χ1v) is 5.29. The maximum absolute atomic E-state index is 11.5. The smallest absolute Gasteiger partial charge is 0.253 e. The zero-order valence-electron chi connectivity index (χ0n) is 8.87. The molecule has 0 fully saturated rings. The first kappa shape index (κ1) is 12.1. The highest BCUT2D eigenvalue weighted by molar-refractivity contribution is 9.10. The Bertz CT molecular complexity index is 368. The van der Waals surface area contributed by atoms with E-state index in [1.807, 2.05) is 13.0 Å². The molecule has 82 valence electrons. The molecule has 0 aliphatic heterocycles. The SMILES string of the molecule is COC(C)C(=O)Nc1cnc(Br)c(C)c1. The van der Waals surface area contributed by atoms with Gasteiger partial charge in [-0.3, -0.25) is 4.79 Å². The molecule has 0 saturated carbocycles. The minimum absolute atomic E-state index is 0.180. The largest absolute Gasteiger partial charge is 0.372 e. The molecule has 0 aliphatic carbocycles. The predicted octanol–water partition coefficient (Wildman–Crippen LogP) is 2.13. The first-order chi connectivity index (χ1) is 7.04. The topological polar surface area (TPSA) is 51.2 Å². The van der Waals surface area contributed by atoms with Crippen molar-refractivity contribution in [3.05, 3.63) is 22.4 Å². The molecule has 0 bridgehead atoms. The summed E-state index contributed by atoms with van der Waals surface area (Å²) in [6.07, 6.45) is 1.13. The van der Waals surface area contributed by atoms with Crippen LogP contribution in [0.3, 0.4) is 0 Å². The van der Waals surface area contributed by atoms with Crippen LogP contribution in [0.25, 0.3) is 0 Å². The molecule has 0 radical (unpaired) electrons. The number of hydrogen-bond donors (Lipinski definition) is 1. The minimum Gasteiger partial charge on any atom is -0.372 e. The van der Waals surface area contributed by atoms with Crippen LogP contribution in [-0.4, -0.2) is 24.1 Å². The second-order valence-electron chi connectivity index (χ2n) is 3.20. The number of aromatic nitrogens is 1. The summed E-state index contributed by atoms with van der Waals surface area (Å²) in [4.78, 5) is 15.5. The molecule has 1 heterocycles. The van der Waals surface area contributed by atoms with Crippen LogP contribution >= 0.6 is 15.9 Å². The normalized spacial score (nSPS) is 12.3. The van der Waals surface area contributed by atoms with Gasteiger partial charge in [0.2, 0.25) is 0 Å². The van der Waals surface area contributed by atoms with Gasteiger partial charge in [0.25, 0.3) is 5.91 Å². The van der Waals surface area contributed by atoms with E-state index in [1.54, 1.807) is 13.1 Å². The van der Waals surface area contributed by atoms with Crippen molar-refractivity contribution in [2.24, 2.45) is 0 Å². The Kier molecular flexibility index (Phi) is 4.23. The van der Waals surface area contributed by atoms with Crippen LogP contribution in [0.4, 0.5) is 5.69 Å². The number of amides is 1. The molecule has 1 aromatic rings. The third-order valence-corrected chi connectivity index (χ3v) is 2.83. The highest BCUT2D eigenvalue weighted by atomic mass is 79.9. The third-order valence-electron chi connectivity index (χ3n) is 2.00. The number of carbonyl (C=O) groups excluding carboxylic acids is 1. The Hall–Kier alpha value is -0.940. The summed E-state index contributed by atoms with van der Waals surface area (Å²) in [5.41, 5.74) is 1.64.